The molecule has 18 heavy (non-hydrogen) atoms. The largest absolute Gasteiger partial charge is 0.338 e. The van der Waals surface area contributed by atoms with Crippen molar-refractivity contribution in [1.29, 1.82) is 0 Å². The quantitative estimate of drug-likeness (QED) is 0.575. The second kappa shape index (κ2) is 6.64. The third-order valence-electron chi connectivity index (χ3n) is 2.80. The highest BCUT2D eigenvalue weighted by molar-refractivity contribution is 9.09. The van der Waals surface area contributed by atoms with Gasteiger partial charge in [-0.05, 0) is 18.3 Å². The summed E-state index contributed by atoms with van der Waals surface area (Å²) in [7, 11) is 0. The average Bonchev–Trinajstić information content (AvgIpc) is 2.55. The van der Waals surface area contributed by atoms with Crippen LogP contribution in [0.3, 0.4) is 0 Å². The minimum Gasteiger partial charge on any atom is -0.338 e. The number of likely N-dealkylation sites (tertiary alicyclic amines) is 1. The Hall–Kier alpha value is 1.69. The van der Waals surface area contributed by atoms with E-state index < -0.39 is 13.5 Å². The van der Waals surface area contributed by atoms with E-state index in [4.69, 9.17) is 69.6 Å². The maximum atomic E-state index is 11.9. The van der Waals surface area contributed by atoms with Crippen molar-refractivity contribution in [3.8, 4) is 0 Å². The maximum Gasteiger partial charge on any atom is 0.274 e. The summed E-state index contributed by atoms with van der Waals surface area (Å²) in [4.78, 5) is 13.4. The van der Waals surface area contributed by atoms with Crippen molar-refractivity contribution in [2.45, 2.75) is 14.0 Å². The van der Waals surface area contributed by atoms with Crippen LogP contribution >= 0.6 is 85.5 Å². The van der Waals surface area contributed by atoms with E-state index in [0.717, 1.165) is 0 Å². The highest BCUT2D eigenvalue weighted by Crippen LogP contribution is 2.40. The molecule has 0 aromatic heterocycles. The van der Waals surface area contributed by atoms with Crippen LogP contribution in [0.5, 0.6) is 0 Å². The average molecular weight is 441 g/mol. The number of carbonyl (C=O) groups excluding carboxylic acids is 1. The molecule has 1 aliphatic rings. The fourth-order valence-electron chi connectivity index (χ4n) is 1.99. The molecule has 1 rings (SSSR count). The lowest BCUT2D eigenvalue weighted by Crippen LogP contribution is -2.38. The van der Waals surface area contributed by atoms with Gasteiger partial charge in [0.2, 0.25) is 0 Å². The molecule has 0 spiro atoms. The highest BCUT2D eigenvalue weighted by atomic mass is 79.9. The molecule has 1 saturated heterocycles. The predicted molar refractivity (Wildman–Crippen MR) is 82.6 cm³/mol. The third-order valence-corrected chi connectivity index (χ3v) is 4.58. The lowest BCUT2D eigenvalue weighted by atomic mass is 9.95. The van der Waals surface area contributed by atoms with Crippen molar-refractivity contribution >= 4 is 91.4 Å². The van der Waals surface area contributed by atoms with Gasteiger partial charge in [-0.2, -0.15) is 0 Å². The SMILES string of the molecule is O=C(N1C[C@H](CBr)[C@H](CC(Cl)(Cl)Cl)C1)C(Cl)(Cl)Cl. The lowest BCUT2D eigenvalue weighted by Gasteiger charge is -2.21. The summed E-state index contributed by atoms with van der Waals surface area (Å²) < 4.78 is -3.28. The van der Waals surface area contributed by atoms with Gasteiger partial charge in [0.1, 0.15) is 0 Å². The summed E-state index contributed by atoms with van der Waals surface area (Å²) in [6.07, 6.45) is 0.359. The van der Waals surface area contributed by atoms with Crippen LogP contribution in [-0.4, -0.2) is 36.8 Å². The van der Waals surface area contributed by atoms with E-state index in [1.54, 1.807) is 0 Å². The minimum absolute atomic E-state index is 0.0631. The summed E-state index contributed by atoms with van der Waals surface area (Å²) in [6.45, 7) is 0.917. The van der Waals surface area contributed by atoms with E-state index in [2.05, 4.69) is 15.9 Å². The molecule has 1 aliphatic heterocycles. The first-order valence-electron chi connectivity index (χ1n) is 5.03. The molecular weight excluding hydrogens is 431 g/mol. The number of alkyl halides is 7. The molecule has 2 nitrogen and oxygen atoms in total. The van der Waals surface area contributed by atoms with Gasteiger partial charge in [0, 0.05) is 18.4 Å². The highest BCUT2D eigenvalue weighted by Gasteiger charge is 2.43. The summed E-state index contributed by atoms with van der Waals surface area (Å²) in [6, 6.07) is 0. The van der Waals surface area contributed by atoms with Crippen LogP contribution in [-0.2, 0) is 4.79 Å². The first-order valence-corrected chi connectivity index (χ1v) is 8.42. The fraction of sp³-hybridized carbons (Fsp3) is 0.889. The molecule has 1 heterocycles. The molecule has 0 aliphatic carbocycles. The van der Waals surface area contributed by atoms with Gasteiger partial charge in [0.15, 0.2) is 3.79 Å². The van der Waals surface area contributed by atoms with Crippen molar-refractivity contribution < 1.29 is 4.79 Å². The van der Waals surface area contributed by atoms with Crippen LogP contribution < -0.4 is 0 Å². The van der Waals surface area contributed by atoms with Crippen molar-refractivity contribution in [3.05, 3.63) is 0 Å². The predicted octanol–water partition coefficient (Wildman–Crippen LogP) is 4.59. The number of rotatable bonds is 2. The monoisotopic (exact) mass is 437 g/mol. The van der Waals surface area contributed by atoms with Gasteiger partial charge in [-0.15, -0.1) is 0 Å². The smallest absolute Gasteiger partial charge is 0.274 e. The summed E-state index contributed by atoms with van der Waals surface area (Å²) in [5.41, 5.74) is 0. The second-order valence-electron chi connectivity index (χ2n) is 4.20. The van der Waals surface area contributed by atoms with Crippen molar-refractivity contribution in [2.75, 3.05) is 18.4 Å². The Morgan fingerprint density at radius 3 is 2.00 bits per heavy atom. The van der Waals surface area contributed by atoms with E-state index in [-0.39, 0.29) is 11.8 Å². The molecule has 2 atom stereocenters. The maximum absolute atomic E-state index is 11.9. The molecule has 106 valence electrons. The topological polar surface area (TPSA) is 20.3 Å². The van der Waals surface area contributed by atoms with Crippen LogP contribution in [0.15, 0.2) is 0 Å². The molecule has 1 fully saturated rings. The molecule has 0 saturated carbocycles. The Morgan fingerprint density at radius 1 is 1.11 bits per heavy atom. The standard InChI is InChI=1S/C9H10BrCl6NO/c10-2-6-4-17(7(18)9(14,15)16)3-5(6)1-8(11,12)13/h5-6H,1-4H2/t5-,6+/m1/s1. The normalized spacial score (nSPS) is 25.6. The Balaban J connectivity index is 2.72. The Bertz CT molecular complexity index is 315. The number of halogens is 7. The fourth-order valence-corrected chi connectivity index (χ4v) is 3.67. The first kappa shape index (κ1) is 17.7. The molecule has 9 heteroatoms. The molecular formula is C9H10BrCl6NO. The minimum atomic E-state index is -1.94. The zero-order valence-electron chi connectivity index (χ0n) is 8.98. The molecule has 0 radical (unpaired) electrons. The number of hydrogen-bond donors (Lipinski definition) is 0. The van der Waals surface area contributed by atoms with Crippen LogP contribution in [0.1, 0.15) is 6.42 Å². The first-order chi connectivity index (χ1) is 8.04. The van der Waals surface area contributed by atoms with Crippen LogP contribution in [0.2, 0.25) is 0 Å². The Morgan fingerprint density at radius 2 is 1.61 bits per heavy atom. The molecule has 1 amide bonds. The summed E-state index contributed by atoms with van der Waals surface area (Å²) in [5.74, 6) is -0.296. The molecule has 0 unspecified atom stereocenters. The number of hydrogen-bond acceptors (Lipinski definition) is 1. The van der Waals surface area contributed by atoms with Crippen LogP contribution in [0.25, 0.3) is 0 Å². The van der Waals surface area contributed by atoms with Gasteiger partial charge < -0.3 is 4.90 Å². The summed E-state index contributed by atoms with van der Waals surface area (Å²) >= 11 is 37.5. The van der Waals surface area contributed by atoms with E-state index in [0.29, 0.717) is 24.8 Å². The van der Waals surface area contributed by atoms with Crippen molar-refractivity contribution in [2.24, 2.45) is 11.8 Å². The zero-order chi connectivity index (χ0) is 14.1. The third kappa shape index (κ3) is 5.23. The van der Waals surface area contributed by atoms with E-state index in [9.17, 15) is 4.79 Å². The van der Waals surface area contributed by atoms with E-state index >= 15 is 0 Å². The second-order valence-corrected chi connectivity index (χ2v) is 9.65. The molecule has 0 N–H and O–H groups in total. The molecule has 0 aromatic rings. The number of nitrogens with zero attached hydrogens (tertiary/aromatic N) is 1. The van der Waals surface area contributed by atoms with Crippen LogP contribution in [0, 0.1) is 11.8 Å². The molecule has 0 bridgehead atoms. The number of carbonyl (C=O) groups is 1. The molecule has 0 aromatic carbocycles. The van der Waals surface area contributed by atoms with Gasteiger partial charge in [0.05, 0.1) is 0 Å². The number of amides is 1. The Labute approximate surface area is 144 Å². The van der Waals surface area contributed by atoms with Crippen molar-refractivity contribution in [1.82, 2.24) is 4.90 Å². The Kier molecular flexibility index (Phi) is 6.54. The van der Waals surface area contributed by atoms with Gasteiger partial charge in [-0.25, -0.2) is 0 Å². The zero-order valence-corrected chi connectivity index (χ0v) is 15.1. The van der Waals surface area contributed by atoms with Crippen molar-refractivity contribution in [3.63, 3.8) is 0 Å². The van der Waals surface area contributed by atoms with Gasteiger partial charge in [0.25, 0.3) is 9.70 Å². The summed E-state index contributed by atoms with van der Waals surface area (Å²) in [5, 5.41) is 0.696. The van der Waals surface area contributed by atoms with Crippen LogP contribution in [0.4, 0.5) is 0 Å². The lowest BCUT2D eigenvalue weighted by molar-refractivity contribution is -0.129. The van der Waals surface area contributed by atoms with E-state index in [1.165, 1.54) is 4.90 Å². The van der Waals surface area contributed by atoms with Gasteiger partial charge in [-0.3, -0.25) is 4.79 Å². The van der Waals surface area contributed by atoms with Gasteiger partial charge >= 0.3 is 0 Å². The van der Waals surface area contributed by atoms with E-state index in [1.807, 2.05) is 0 Å². The van der Waals surface area contributed by atoms with Gasteiger partial charge in [-0.1, -0.05) is 85.5 Å².